The summed E-state index contributed by atoms with van der Waals surface area (Å²) in [5, 5.41) is 9.04. The third-order valence-electron chi connectivity index (χ3n) is 4.22. The van der Waals surface area contributed by atoms with Gasteiger partial charge in [0, 0.05) is 16.3 Å². The van der Waals surface area contributed by atoms with Gasteiger partial charge >= 0.3 is 0 Å². The van der Waals surface area contributed by atoms with Crippen LogP contribution in [0.25, 0.3) is 17.1 Å². The third kappa shape index (κ3) is 4.81. The number of aromatic nitrogens is 3. The van der Waals surface area contributed by atoms with Crippen LogP contribution in [0.1, 0.15) is 10.6 Å². The Hall–Kier alpha value is -2.28. The molecule has 0 aliphatic heterocycles. The first-order chi connectivity index (χ1) is 14.8. The maximum absolute atomic E-state index is 12.8. The van der Waals surface area contributed by atoms with Crippen LogP contribution >= 0.6 is 58.0 Å². The van der Waals surface area contributed by atoms with Crippen LogP contribution in [0.2, 0.25) is 25.1 Å². The summed E-state index contributed by atoms with van der Waals surface area (Å²) in [5.74, 6) is -0.187. The first kappa shape index (κ1) is 21.9. The van der Waals surface area contributed by atoms with Gasteiger partial charge in [0.05, 0.1) is 25.8 Å². The molecule has 1 heterocycles. The van der Waals surface area contributed by atoms with Crippen LogP contribution in [0.3, 0.4) is 0 Å². The Bertz CT molecular complexity index is 1300. The van der Waals surface area contributed by atoms with E-state index in [-0.39, 0.29) is 5.82 Å². The molecule has 4 aromatic rings. The van der Waals surface area contributed by atoms with Crippen LogP contribution in [0.5, 0.6) is 0 Å². The van der Waals surface area contributed by atoms with Crippen molar-refractivity contribution in [1.82, 2.24) is 14.8 Å². The summed E-state index contributed by atoms with van der Waals surface area (Å²) >= 11 is 30.3. The van der Waals surface area contributed by atoms with Crippen molar-refractivity contribution in [3.05, 3.63) is 91.6 Å². The zero-order valence-corrected chi connectivity index (χ0v) is 19.2. The molecule has 0 spiro atoms. The molecule has 0 saturated heterocycles. The first-order valence-corrected chi connectivity index (χ1v) is 10.7. The molecule has 1 aromatic heterocycles. The normalized spacial score (nSPS) is 10.9. The number of benzene rings is 3. The molecule has 0 unspecified atom stereocenters. The number of halogens is 5. The van der Waals surface area contributed by atoms with Gasteiger partial charge in [0.2, 0.25) is 5.82 Å². The van der Waals surface area contributed by atoms with Gasteiger partial charge in [0.15, 0.2) is 5.82 Å². The Kier molecular flexibility index (Phi) is 6.42. The molecule has 0 fully saturated rings. The Morgan fingerprint density at radius 1 is 0.806 bits per heavy atom. The van der Waals surface area contributed by atoms with E-state index < -0.39 is 5.91 Å². The fraction of sp³-hybridized carbons (Fsp3) is 0. The number of hydrogen-bond acceptors (Lipinski definition) is 3. The molecular formula is C21H11Cl5N4O. The van der Waals surface area contributed by atoms with Crippen LogP contribution < -0.4 is 5.32 Å². The molecule has 0 aliphatic carbocycles. The molecule has 0 radical (unpaired) electrons. The molecule has 3 aromatic carbocycles. The number of carbonyl (C=O) groups excluding carboxylic acids is 1. The van der Waals surface area contributed by atoms with Crippen molar-refractivity contribution in [3.8, 4) is 17.1 Å². The number of anilines is 1. The lowest BCUT2D eigenvalue weighted by Crippen LogP contribution is -2.14. The van der Waals surface area contributed by atoms with Gasteiger partial charge in [-0.2, -0.15) is 0 Å². The molecule has 156 valence electrons. The monoisotopic (exact) mass is 510 g/mol. The summed E-state index contributed by atoms with van der Waals surface area (Å²) in [4.78, 5) is 17.3. The molecule has 0 saturated carbocycles. The Morgan fingerprint density at radius 3 is 2.19 bits per heavy atom. The quantitative estimate of drug-likeness (QED) is 0.309. The van der Waals surface area contributed by atoms with Crippen LogP contribution in [-0.4, -0.2) is 20.7 Å². The van der Waals surface area contributed by atoms with E-state index >= 15 is 0 Å². The van der Waals surface area contributed by atoms with Gasteiger partial charge in [-0.1, -0.05) is 70.1 Å². The van der Waals surface area contributed by atoms with Crippen molar-refractivity contribution >= 4 is 69.6 Å². The maximum Gasteiger partial charge on any atom is 0.295 e. The maximum atomic E-state index is 12.8. The summed E-state index contributed by atoms with van der Waals surface area (Å²) in [6, 6.07) is 16.8. The second-order valence-electron chi connectivity index (χ2n) is 6.36. The molecule has 10 heteroatoms. The number of amides is 1. The molecule has 4 rings (SSSR count). The van der Waals surface area contributed by atoms with E-state index in [9.17, 15) is 4.79 Å². The smallest absolute Gasteiger partial charge is 0.295 e. The van der Waals surface area contributed by atoms with Crippen molar-refractivity contribution in [2.75, 3.05) is 5.32 Å². The lowest BCUT2D eigenvalue weighted by atomic mass is 10.2. The highest BCUT2D eigenvalue weighted by atomic mass is 35.5. The van der Waals surface area contributed by atoms with E-state index in [1.165, 1.54) is 10.7 Å². The Labute approximate surface area is 202 Å². The van der Waals surface area contributed by atoms with Gasteiger partial charge in [0.25, 0.3) is 5.91 Å². The third-order valence-corrected chi connectivity index (χ3v) is 5.93. The number of nitrogens with zero attached hydrogens (tertiary/aromatic N) is 3. The minimum Gasteiger partial charge on any atom is -0.319 e. The van der Waals surface area contributed by atoms with Crippen LogP contribution in [0, 0.1) is 0 Å². The number of nitrogens with one attached hydrogen (secondary N) is 1. The Morgan fingerprint density at radius 2 is 1.52 bits per heavy atom. The summed E-state index contributed by atoms with van der Waals surface area (Å²) < 4.78 is 1.50. The van der Waals surface area contributed by atoms with E-state index in [0.717, 1.165) is 0 Å². The zero-order valence-electron chi connectivity index (χ0n) is 15.4. The van der Waals surface area contributed by atoms with Gasteiger partial charge in [-0.25, -0.2) is 9.67 Å². The van der Waals surface area contributed by atoms with Crippen molar-refractivity contribution in [3.63, 3.8) is 0 Å². The molecule has 0 bridgehead atoms. The lowest BCUT2D eigenvalue weighted by molar-refractivity contribution is 0.101. The van der Waals surface area contributed by atoms with Gasteiger partial charge < -0.3 is 5.32 Å². The van der Waals surface area contributed by atoms with Crippen molar-refractivity contribution in [2.24, 2.45) is 0 Å². The zero-order chi connectivity index (χ0) is 22.1. The van der Waals surface area contributed by atoms with Crippen LogP contribution in [0.15, 0.2) is 60.7 Å². The first-order valence-electron chi connectivity index (χ1n) is 8.76. The molecule has 5 nitrogen and oxygen atoms in total. The summed E-state index contributed by atoms with van der Waals surface area (Å²) in [6.45, 7) is 0. The van der Waals surface area contributed by atoms with E-state index in [1.807, 2.05) is 6.07 Å². The van der Waals surface area contributed by atoms with E-state index in [1.54, 1.807) is 48.5 Å². The van der Waals surface area contributed by atoms with E-state index in [2.05, 4.69) is 15.4 Å². The lowest BCUT2D eigenvalue weighted by Gasteiger charge is -2.07. The second kappa shape index (κ2) is 9.07. The number of hydrogen-bond donors (Lipinski definition) is 1. The highest BCUT2D eigenvalue weighted by Crippen LogP contribution is 2.29. The Balaban J connectivity index is 1.77. The fourth-order valence-corrected chi connectivity index (χ4v) is 3.56. The average Bonchev–Trinajstić information content (AvgIpc) is 3.18. The standard InChI is InChI=1S/C21H11Cl5N4O/c22-12-3-1-2-11(8-12)20-28-19(21(31)27-13-4-6-15(23)17(25)9-13)29-30(20)14-5-7-16(24)18(26)10-14/h1-10H,(H,27,31). The highest BCUT2D eigenvalue weighted by Gasteiger charge is 2.20. The molecule has 0 aliphatic rings. The highest BCUT2D eigenvalue weighted by molar-refractivity contribution is 6.42. The van der Waals surface area contributed by atoms with Crippen LogP contribution in [-0.2, 0) is 0 Å². The van der Waals surface area contributed by atoms with Crippen molar-refractivity contribution in [1.29, 1.82) is 0 Å². The molecule has 0 atom stereocenters. The van der Waals surface area contributed by atoms with E-state index in [4.69, 9.17) is 58.0 Å². The average molecular weight is 513 g/mol. The van der Waals surface area contributed by atoms with Crippen molar-refractivity contribution in [2.45, 2.75) is 0 Å². The predicted molar refractivity (Wildman–Crippen MR) is 126 cm³/mol. The minimum absolute atomic E-state index is 0.0629. The van der Waals surface area contributed by atoms with Crippen molar-refractivity contribution < 1.29 is 4.79 Å². The summed E-state index contributed by atoms with van der Waals surface area (Å²) in [5.41, 5.74) is 1.69. The van der Waals surface area contributed by atoms with Gasteiger partial charge in [-0.3, -0.25) is 4.79 Å². The van der Waals surface area contributed by atoms with E-state index in [0.29, 0.717) is 47.9 Å². The SMILES string of the molecule is O=C(Nc1ccc(Cl)c(Cl)c1)c1nc(-c2cccc(Cl)c2)n(-c2ccc(Cl)c(Cl)c2)n1. The van der Waals surface area contributed by atoms with Gasteiger partial charge in [0.1, 0.15) is 0 Å². The minimum atomic E-state index is -0.527. The molecule has 1 amide bonds. The topological polar surface area (TPSA) is 59.8 Å². The van der Waals surface area contributed by atoms with Gasteiger partial charge in [-0.05, 0) is 48.5 Å². The summed E-state index contributed by atoms with van der Waals surface area (Å²) in [6.07, 6.45) is 0. The number of rotatable bonds is 4. The number of carbonyl (C=O) groups is 1. The largest absolute Gasteiger partial charge is 0.319 e. The molecule has 1 N–H and O–H groups in total. The predicted octanol–water partition coefficient (Wildman–Crippen LogP) is 7.45. The second-order valence-corrected chi connectivity index (χ2v) is 8.43. The van der Waals surface area contributed by atoms with Crippen LogP contribution in [0.4, 0.5) is 5.69 Å². The van der Waals surface area contributed by atoms with Gasteiger partial charge in [-0.15, -0.1) is 5.10 Å². The summed E-state index contributed by atoms with van der Waals surface area (Å²) in [7, 11) is 0. The fourth-order valence-electron chi connectivity index (χ4n) is 2.78. The molecular weight excluding hydrogens is 502 g/mol. The molecule has 31 heavy (non-hydrogen) atoms.